The third-order valence-electron chi connectivity index (χ3n) is 2.82. The summed E-state index contributed by atoms with van der Waals surface area (Å²) in [6.45, 7) is 1.60. The smallest absolute Gasteiger partial charge is 0.280 e. The van der Waals surface area contributed by atoms with Gasteiger partial charge in [-0.2, -0.15) is 17.4 Å². The number of carbonyl (C=O) groups excluding carboxylic acids is 1. The quantitative estimate of drug-likeness (QED) is 0.544. The second-order valence-electron chi connectivity index (χ2n) is 4.46. The highest BCUT2D eigenvalue weighted by molar-refractivity contribution is 7.87. The molecule has 1 saturated heterocycles. The molecular weight excluding hydrogens is 272 g/mol. The molecule has 1 fully saturated rings. The second kappa shape index (κ2) is 7.15. The molecular formula is C10H22N4O4S. The molecule has 0 aromatic heterocycles. The van der Waals surface area contributed by atoms with Gasteiger partial charge in [0.2, 0.25) is 5.91 Å². The van der Waals surface area contributed by atoms with Gasteiger partial charge < -0.3 is 15.0 Å². The maximum atomic E-state index is 12.2. The summed E-state index contributed by atoms with van der Waals surface area (Å²) in [7, 11) is 1.05. The van der Waals surface area contributed by atoms with Gasteiger partial charge in [0.1, 0.15) is 6.04 Å². The maximum absolute atomic E-state index is 12.2. The van der Waals surface area contributed by atoms with Crippen LogP contribution in [0.25, 0.3) is 0 Å². The van der Waals surface area contributed by atoms with Crippen molar-refractivity contribution < 1.29 is 17.9 Å². The average molecular weight is 294 g/mol. The van der Waals surface area contributed by atoms with Crippen LogP contribution in [-0.2, 0) is 19.7 Å². The van der Waals surface area contributed by atoms with Gasteiger partial charge in [0.15, 0.2) is 0 Å². The number of amides is 1. The van der Waals surface area contributed by atoms with Gasteiger partial charge in [0, 0.05) is 47.4 Å². The van der Waals surface area contributed by atoms with E-state index in [1.54, 1.807) is 14.1 Å². The average Bonchev–Trinajstić information content (AvgIpc) is 2.38. The number of methoxy groups -OCH3 is 1. The van der Waals surface area contributed by atoms with Crippen molar-refractivity contribution in [2.45, 2.75) is 6.04 Å². The van der Waals surface area contributed by atoms with Gasteiger partial charge in [-0.15, -0.1) is 0 Å². The highest BCUT2D eigenvalue weighted by Gasteiger charge is 2.37. The van der Waals surface area contributed by atoms with Gasteiger partial charge in [-0.25, -0.2) is 0 Å². The molecule has 2 N–H and O–H groups in total. The zero-order valence-electron chi connectivity index (χ0n) is 11.5. The third kappa shape index (κ3) is 4.39. The molecule has 1 atom stereocenters. The Morgan fingerprint density at radius 3 is 2.79 bits per heavy atom. The van der Waals surface area contributed by atoms with E-state index < -0.39 is 16.3 Å². The molecule has 0 spiro atoms. The Morgan fingerprint density at radius 1 is 1.53 bits per heavy atom. The molecule has 1 aliphatic rings. The number of carbonyl (C=O) groups is 1. The molecule has 0 aromatic rings. The van der Waals surface area contributed by atoms with E-state index in [9.17, 15) is 13.2 Å². The van der Waals surface area contributed by atoms with Crippen LogP contribution in [0.4, 0.5) is 0 Å². The number of likely N-dealkylation sites (N-methyl/N-ethyl adjacent to an activating group) is 1. The van der Waals surface area contributed by atoms with Crippen LogP contribution < -0.4 is 10.0 Å². The summed E-state index contributed by atoms with van der Waals surface area (Å²) in [5, 5.41) is 3.03. The van der Waals surface area contributed by atoms with E-state index in [0.717, 1.165) is 0 Å². The lowest BCUT2D eigenvalue weighted by atomic mass is 10.2. The van der Waals surface area contributed by atoms with E-state index >= 15 is 0 Å². The number of piperazine rings is 1. The molecule has 0 aromatic carbocycles. The molecule has 0 saturated carbocycles. The van der Waals surface area contributed by atoms with Crippen molar-refractivity contribution >= 4 is 16.1 Å². The lowest BCUT2D eigenvalue weighted by molar-refractivity contribution is -0.133. The first-order valence-corrected chi connectivity index (χ1v) is 7.51. The van der Waals surface area contributed by atoms with Crippen molar-refractivity contribution in [2.75, 3.05) is 54.0 Å². The van der Waals surface area contributed by atoms with Crippen LogP contribution >= 0.6 is 0 Å². The van der Waals surface area contributed by atoms with E-state index in [2.05, 4.69) is 10.0 Å². The molecule has 1 aliphatic heterocycles. The fourth-order valence-corrected chi connectivity index (χ4v) is 3.18. The Balaban J connectivity index is 2.78. The van der Waals surface area contributed by atoms with Crippen LogP contribution in [-0.4, -0.2) is 83.6 Å². The molecule has 8 nitrogen and oxygen atoms in total. The summed E-state index contributed by atoms with van der Waals surface area (Å²) in [5.41, 5.74) is 0. The van der Waals surface area contributed by atoms with Crippen molar-refractivity contribution in [3.63, 3.8) is 0 Å². The summed E-state index contributed by atoms with van der Waals surface area (Å²) in [6, 6.07) is -0.705. The van der Waals surface area contributed by atoms with E-state index in [0.29, 0.717) is 13.1 Å². The van der Waals surface area contributed by atoms with Crippen molar-refractivity contribution in [1.82, 2.24) is 19.2 Å². The Morgan fingerprint density at radius 2 is 2.21 bits per heavy atom. The molecule has 112 valence electrons. The number of nitrogens with one attached hydrogen (secondary N) is 2. The number of rotatable bonds is 6. The molecule has 9 heteroatoms. The third-order valence-corrected chi connectivity index (χ3v) is 4.44. The molecule has 1 unspecified atom stereocenters. The Kier molecular flexibility index (Phi) is 6.14. The van der Waals surface area contributed by atoms with Crippen LogP contribution in [0.15, 0.2) is 0 Å². The molecule has 0 bridgehead atoms. The first-order chi connectivity index (χ1) is 8.90. The number of hydrogen-bond acceptors (Lipinski definition) is 5. The molecule has 0 radical (unpaired) electrons. The Bertz CT molecular complexity index is 398. The van der Waals surface area contributed by atoms with Crippen molar-refractivity contribution in [2.24, 2.45) is 0 Å². The molecule has 0 aliphatic carbocycles. The summed E-state index contributed by atoms with van der Waals surface area (Å²) in [4.78, 5) is 13.4. The SMILES string of the molecule is COCCNS(=O)(=O)N1CCNCC1C(=O)N(C)C. The van der Waals surface area contributed by atoms with E-state index in [1.165, 1.54) is 16.3 Å². The van der Waals surface area contributed by atoms with Gasteiger partial charge in [0.05, 0.1) is 6.61 Å². The number of ether oxygens (including phenoxy) is 1. The minimum Gasteiger partial charge on any atom is -0.383 e. The second-order valence-corrected chi connectivity index (χ2v) is 6.16. The Hall–Kier alpha value is -0.740. The largest absolute Gasteiger partial charge is 0.383 e. The molecule has 1 rings (SSSR count). The minimum atomic E-state index is -3.67. The predicted octanol–water partition coefficient (Wildman–Crippen LogP) is -2.17. The first-order valence-electron chi connectivity index (χ1n) is 6.07. The van der Waals surface area contributed by atoms with Crippen LogP contribution in [0.2, 0.25) is 0 Å². The first kappa shape index (κ1) is 16.3. The van der Waals surface area contributed by atoms with Gasteiger partial charge in [-0.05, 0) is 0 Å². The normalized spacial score (nSPS) is 21.3. The standard InChI is InChI=1S/C10H22N4O4S/c1-13(2)10(15)9-8-11-4-6-14(9)19(16,17)12-5-7-18-3/h9,11-12H,4-8H2,1-3H3. The van der Waals surface area contributed by atoms with Crippen LogP contribution in [0.1, 0.15) is 0 Å². The van der Waals surface area contributed by atoms with Gasteiger partial charge in [0.25, 0.3) is 10.2 Å². The zero-order valence-corrected chi connectivity index (χ0v) is 12.4. The fourth-order valence-electron chi connectivity index (χ4n) is 1.84. The van der Waals surface area contributed by atoms with Crippen molar-refractivity contribution in [1.29, 1.82) is 0 Å². The van der Waals surface area contributed by atoms with Crippen molar-refractivity contribution in [3.05, 3.63) is 0 Å². The topological polar surface area (TPSA) is 91.0 Å². The molecule has 1 amide bonds. The van der Waals surface area contributed by atoms with Gasteiger partial charge >= 0.3 is 0 Å². The number of hydrogen-bond donors (Lipinski definition) is 2. The maximum Gasteiger partial charge on any atom is 0.280 e. The minimum absolute atomic E-state index is 0.186. The van der Waals surface area contributed by atoms with Crippen molar-refractivity contribution in [3.8, 4) is 0 Å². The lowest BCUT2D eigenvalue weighted by Crippen LogP contribution is -2.61. The highest BCUT2D eigenvalue weighted by atomic mass is 32.2. The molecule has 1 heterocycles. The van der Waals surface area contributed by atoms with Crippen LogP contribution in [0.3, 0.4) is 0 Å². The fraction of sp³-hybridized carbons (Fsp3) is 0.900. The van der Waals surface area contributed by atoms with E-state index in [-0.39, 0.29) is 25.6 Å². The van der Waals surface area contributed by atoms with Gasteiger partial charge in [-0.3, -0.25) is 4.79 Å². The van der Waals surface area contributed by atoms with Gasteiger partial charge in [-0.1, -0.05) is 0 Å². The van der Waals surface area contributed by atoms with Crippen LogP contribution in [0.5, 0.6) is 0 Å². The predicted molar refractivity (Wildman–Crippen MR) is 70.9 cm³/mol. The highest BCUT2D eigenvalue weighted by Crippen LogP contribution is 2.10. The zero-order chi connectivity index (χ0) is 14.5. The van der Waals surface area contributed by atoms with E-state index in [4.69, 9.17) is 4.74 Å². The number of nitrogens with zero attached hydrogens (tertiary/aromatic N) is 2. The Labute approximate surface area is 114 Å². The monoisotopic (exact) mass is 294 g/mol. The molecule has 19 heavy (non-hydrogen) atoms. The van der Waals surface area contributed by atoms with Crippen LogP contribution in [0, 0.1) is 0 Å². The summed E-state index contributed by atoms with van der Waals surface area (Å²) < 4.78 is 32.8. The van der Waals surface area contributed by atoms with E-state index in [1.807, 2.05) is 0 Å². The summed E-state index contributed by atoms with van der Waals surface area (Å²) in [5.74, 6) is -0.232. The summed E-state index contributed by atoms with van der Waals surface area (Å²) >= 11 is 0. The summed E-state index contributed by atoms with van der Waals surface area (Å²) in [6.07, 6.45) is 0. The lowest BCUT2D eigenvalue weighted by Gasteiger charge is -2.35.